The number of likely N-dealkylation sites (N-methyl/N-ethyl adjacent to an activating group) is 1. The van der Waals surface area contributed by atoms with E-state index in [0.717, 1.165) is 24.3 Å². The number of nitrogens with zero attached hydrogens (tertiary/aromatic N) is 2. The van der Waals surface area contributed by atoms with Crippen molar-refractivity contribution in [1.29, 1.82) is 0 Å². The van der Waals surface area contributed by atoms with Crippen molar-refractivity contribution in [3.05, 3.63) is 23.8 Å². The summed E-state index contributed by atoms with van der Waals surface area (Å²) >= 11 is 0. The standard InChI is InChI=1S/C18H25N3O3/c1-12-9-21(10-16(12)20(2)3)18(23)11-24-14-5-6-15-13(8-14)4-7-17(22)19-15/h5-6,8,12,16H,4,7,9-11H2,1-3H3,(H,19,22). The number of amides is 2. The van der Waals surface area contributed by atoms with E-state index in [2.05, 4.69) is 31.2 Å². The number of carbonyl (C=O) groups is 2. The molecule has 2 amide bonds. The lowest BCUT2D eigenvalue weighted by molar-refractivity contribution is -0.132. The van der Waals surface area contributed by atoms with Gasteiger partial charge in [0.25, 0.3) is 5.91 Å². The van der Waals surface area contributed by atoms with Crippen LogP contribution in [-0.2, 0) is 16.0 Å². The maximum absolute atomic E-state index is 12.4. The minimum absolute atomic E-state index is 0.0252. The molecule has 3 rings (SSSR count). The lowest BCUT2D eigenvalue weighted by Gasteiger charge is -2.22. The first-order valence-electron chi connectivity index (χ1n) is 8.44. The lowest BCUT2D eigenvalue weighted by Crippen LogP contribution is -2.37. The Morgan fingerprint density at radius 1 is 1.33 bits per heavy atom. The molecule has 0 aliphatic carbocycles. The van der Waals surface area contributed by atoms with E-state index in [1.807, 2.05) is 17.0 Å². The fourth-order valence-corrected chi connectivity index (χ4v) is 3.51. The zero-order chi connectivity index (χ0) is 17.3. The molecule has 0 radical (unpaired) electrons. The van der Waals surface area contributed by atoms with E-state index in [9.17, 15) is 9.59 Å². The van der Waals surface area contributed by atoms with Gasteiger partial charge in [-0.1, -0.05) is 6.92 Å². The molecule has 2 aliphatic heterocycles. The first kappa shape index (κ1) is 16.8. The number of nitrogens with one attached hydrogen (secondary N) is 1. The van der Waals surface area contributed by atoms with Crippen LogP contribution in [0.5, 0.6) is 5.75 Å². The van der Waals surface area contributed by atoms with Gasteiger partial charge >= 0.3 is 0 Å². The van der Waals surface area contributed by atoms with E-state index in [1.165, 1.54) is 0 Å². The second kappa shape index (κ2) is 6.81. The fourth-order valence-electron chi connectivity index (χ4n) is 3.51. The lowest BCUT2D eigenvalue weighted by atomic mass is 10.0. The topological polar surface area (TPSA) is 61.9 Å². The number of ether oxygens (including phenoxy) is 1. The Kier molecular flexibility index (Phi) is 4.76. The summed E-state index contributed by atoms with van der Waals surface area (Å²) in [5.41, 5.74) is 1.90. The largest absolute Gasteiger partial charge is 0.484 e. The van der Waals surface area contributed by atoms with Gasteiger partial charge in [0.15, 0.2) is 6.61 Å². The first-order valence-corrected chi connectivity index (χ1v) is 8.44. The Hall–Kier alpha value is -2.08. The van der Waals surface area contributed by atoms with Gasteiger partial charge in [0.1, 0.15) is 5.75 Å². The molecular formula is C18H25N3O3. The third-order valence-electron chi connectivity index (χ3n) is 4.92. The van der Waals surface area contributed by atoms with Crippen molar-refractivity contribution in [2.24, 2.45) is 5.92 Å². The van der Waals surface area contributed by atoms with Crippen LogP contribution in [0.15, 0.2) is 18.2 Å². The van der Waals surface area contributed by atoms with Gasteiger partial charge in [0.2, 0.25) is 5.91 Å². The van der Waals surface area contributed by atoms with Crippen molar-refractivity contribution in [2.75, 3.05) is 39.1 Å². The number of fused-ring (bicyclic) bond motifs is 1. The van der Waals surface area contributed by atoms with Crippen LogP contribution < -0.4 is 10.1 Å². The van der Waals surface area contributed by atoms with Crippen LogP contribution in [0, 0.1) is 5.92 Å². The normalized spacial score (nSPS) is 23.2. The highest BCUT2D eigenvalue weighted by Gasteiger charge is 2.33. The summed E-state index contributed by atoms with van der Waals surface area (Å²) in [4.78, 5) is 27.8. The maximum atomic E-state index is 12.4. The molecule has 0 saturated carbocycles. The number of hydrogen-bond acceptors (Lipinski definition) is 4. The highest BCUT2D eigenvalue weighted by molar-refractivity contribution is 5.94. The Morgan fingerprint density at radius 3 is 2.83 bits per heavy atom. The average Bonchev–Trinajstić information content (AvgIpc) is 2.94. The van der Waals surface area contributed by atoms with Gasteiger partial charge in [-0.15, -0.1) is 0 Å². The molecule has 1 saturated heterocycles. The monoisotopic (exact) mass is 331 g/mol. The van der Waals surface area contributed by atoms with Crippen molar-refractivity contribution in [3.8, 4) is 5.75 Å². The molecule has 1 fully saturated rings. The van der Waals surface area contributed by atoms with Gasteiger partial charge in [-0.05, 0) is 50.2 Å². The molecule has 0 aromatic heterocycles. The van der Waals surface area contributed by atoms with E-state index in [-0.39, 0.29) is 18.4 Å². The predicted octanol–water partition coefficient (Wildman–Crippen LogP) is 1.36. The van der Waals surface area contributed by atoms with E-state index in [1.54, 1.807) is 6.07 Å². The molecule has 24 heavy (non-hydrogen) atoms. The highest BCUT2D eigenvalue weighted by atomic mass is 16.5. The second-order valence-corrected chi connectivity index (χ2v) is 6.96. The minimum Gasteiger partial charge on any atom is -0.484 e. The van der Waals surface area contributed by atoms with Crippen LogP contribution in [0.4, 0.5) is 5.69 Å². The van der Waals surface area contributed by atoms with Crippen LogP contribution in [0.1, 0.15) is 18.9 Å². The number of benzene rings is 1. The molecule has 2 aliphatic rings. The molecule has 0 bridgehead atoms. The quantitative estimate of drug-likeness (QED) is 0.905. The summed E-state index contributed by atoms with van der Waals surface area (Å²) < 4.78 is 5.69. The Labute approximate surface area is 142 Å². The predicted molar refractivity (Wildman–Crippen MR) is 92.1 cm³/mol. The molecular weight excluding hydrogens is 306 g/mol. The van der Waals surface area contributed by atoms with Gasteiger partial charge in [-0.25, -0.2) is 0 Å². The zero-order valence-electron chi connectivity index (χ0n) is 14.5. The summed E-state index contributed by atoms with van der Waals surface area (Å²) in [7, 11) is 4.11. The molecule has 1 aromatic carbocycles. The van der Waals surface area contributed by atoms with Crippen molar-refractivity contribution >= 4 is 17.5 Å². The number of aryl methyl sites for hydroxylation is 1. The summed E-state index contributed by atoms with van der Waals surface area (Å²) in [6.07, 6.45) is 1.20. The second-order valence-electron chi connectivity index (χ2n) is 6.96. The maximum Gasteiger partial charge on any atom is 0.260 e. The average molecular weight is 331 g/mol. The van der Waals surface area contributed by atoms with Crippen molar-refractivity contribution in [2.45, 2.75) is 25.8 Å². The van der Waals surface area contributed by atoms with Gasteiger partial charge in [0.05, 0.1) is 0 Å². The van der Waals surface area contributed by atoms with Crippen LogP contribution >= 0.6 is 0 Å². The number of rotatable bonds is 4. The third kappa shape index (κ3) is 3.53. The number of hydrogen-bond donors (Lipinski definition) is 1. The number of anilines is 1. The van der Waals surface area contributed by atoms with Crippen LogP contribution in [-0.4, -0.2) is 61.4 Å². The SMILES string of the molecule is CC1CN(C(=O)COc2ccc3c(c2)CCC(=O)N3)CC1N(C)C. The Bertz CT molecular complexity index is 644. The smallest absolute Gasteiger partial charge is 0.260 e. The molecule has 1 N–H and O–H groups in total. The van der Waals surface area contributed by atoms with E-state index < -0.39 is 0 Å². The molecule has 6 heteroatoms. The summed E-state index contributed by atoms with van der Waals surface area (Å²) in [5, 5.41) is 2.84. The van der Waals surface area contributed by atoms with Gasteiger partial charge < -0.3 is 19.9 Å². The van der Waals surface area contributed by atoms with Crippen LogP contribution in [0.2, 0.25) is 0 Å². The highest BCUT2D eigenvalue weighted by Crippen LogP contribution is 2.27. The van der Waals surface area contributed by atoms with Crippen molar-refractivity contribution < 1.29 is 14.3 Å². The summed E-state index contributed by atoms with van der Waals surface area (Å²) in [6, 6.07) is 5.96. The molecule has 2 unspecified atom stereocenters. The van der Waals surface area contributed by atoms with E-state index in [4.69, 9.17) is 4.74 Å². The van der Waals surface area contributed by atoms with E-state index >= 15 is 0 Å². The van der Waals surface area contributed by atoms with Gasteiger partial charge in [0, 0.05) is 31.2 Å². The minimum atomic E-state index is 0.0252. The zero-order valence-corrected chi connectivity index (χ0v) is 14.5. The molecule has 0 spiro atoms. The molecule has 6 nitrogen and oxygen atoms in total. The van der Waals surface area contributed by atoms with Crippen molar-refractivity contribution in [1.82, 2.24) is 9.80 Å². The molecule has 1 aromatic rings. The Balaban J connectivity index is 1.56. The number of carbonyl (C=O) groups excluding carboxylic acids is 2. The molecule has 130 valence electrons. The van der Waals surface area contributed by atoms with Gasteiger partial charge in [-0.3, -0.25) is 9.59 Å². The van der Waals surface area contributed by atoms with Crippen LogP contribution in [0.25, 0.3) is 0 Å². The van der Waals surface area contributed by atoms with Gasteiger partial charge in [-0.2, -0.15) is 0 Å². The summed E-state index contributed by atoms with van der Waals surface area (Å²) in [5.74, 6) is 1.22. The number of likely N-dealkylation sites (tertiary alicyclic amines) is 1. The molecule has 2 atom stereocenters. The van der Waals surface area contributed by atoms with Crippen LogP contribution in [0.3, 0.4) is 0 Å². The molecule has 2 heterocycles. The fraction of sp³-hybridized carbons (Fsp3) is 0.556. The first-order chi connectivity index (χ1) is 11.4. The van der Waals surface area contributed by atoms with Crippen molar-refractivity contribution in [3.63, 3.8) is 0 Å². The Morgan fingerprint density at radius 2 is 2.12 bits per heavy atom. The summed E-state index contributed by atoms with van der Waals surface area (Å²) in [6.45, 7) is 3.77. The van der Waals surface area contributed by atoms with E-state index in [0.29, 0.717) is 30.6 Å². The third-order valence-corrected chi connectivity index (χ3v) is 4.92.